The zero-order chi connectivity index (χ0) is 22.9. The number of aromatic hydroxyl groups is 1. The van der Waals surface area contributed by atoms with Crippen molar-refractivity contribution >= 4 is 28.7 Å². The zero-order valence-corrected chi connectivity index (χ0v) is 18.0. The summed E-state index contributed by atoms with van der Waals surface area (Å²) in [6.07, 6.45) is 1.72. The topological polar surface area (TPSA) is 105 Å². The molecule has 1 saturated heterocycles. The summed E-state index contributed by atoms with van der Waals surface area (Å²) in [6, 6.07) is 21.7. The predicted molar refractivity (Wildman–Crippen MR) is 127 cm³/mol. The van der Waals surface area contributed by atoms with Gasteiger partial charge in [-0.25, -0.2) is 0 Å². The third kappa shape index (κ3) is 3.90. The van der Waals surface area contributed by atoms with Crippen molar-refractivity contribution in [2.24, 2.45) is 0 Å². The number of aromatic nitrogens is 1. The van der Waals surface area contributed by atoms with Gasteiger partial charge in [0.15, 0.2) is 5.11 Å². The first-order valence-corrected chi connectivity index (χ1v) is 10.6. The third-order valence-corrected chi connectivity index (χ3v) is 5.80. The van der Waals surface area contributed by atoms with Gasteiger partial charge in [-0.1, -0.05) is 18.2 Å². The van der Waals surface area contributed by atoms with Gasteiger partial charge in [-0.2, -0.15) is 0 Å². The van der Waals surface area contributed by atoms with Crippen molar-refractivity contribution in [1.29, 1.82) is 0 Å². The lowest BCUT2D eigenvalue weighted by atomic mass is 10.0. The van der Waals surface area contributed by atoms with Crippen LogP contribution in [0.5, 0.6) is 5.75 Å². The van der Waals surface area contributed by atoms with Crippen molar-refractivity contribution in [2.75, 3.05) is 4.90 Å². The second-order valence-corrected chi connectivity index (χ2v) is 7.91. The SMILES string of the molecule is O=[N+]([O-])c1cccc(-c2ccc(C3C(c4ccccn4)NC(=S)N3c3ccc(O)cc3)o2)c1. The number of rotatable bonds is 5. The van der Waals surface area contributed by atoms with Crippen LogP contribution in [0, 0.1) is 10.1 Å². The normalized spacial score (nSPS) is 17.7. The van der Waals surface area contributed by atoms with Crippen molar-refractivity contribution in [2.45, 2.75) is 12.1 Å². The van der Waals surface area contributed by atoms with Gasteiger partial charge in [0.05, 0.1) is 16.7 Å². The fourth-order valence-electron chi connectivity index (χ4n) is 3.97. The summed E-state index contributed by atoms with van der Waals surface area (Å²) < 4.78 is 6.22. The van der Waals surface area contributed by atoms with Gasteiger partial charge in [0.2, 0.25) is 0 Å². The molecule has 0 amide bonds. The highest BCUT2D eigenvalue weighted by atomic mass is 32.1. The maximum absolute atomic E-state index is 11.2. The van der Waals surface area contributed by atoms with E-state index in [0.717, 1.165) is 11.4 Å². The molecule has 0 spiro atoms. The first-order valence-electron chi connectivity index (χ1n) is 10.2. The summed E-state index contributed by atoms with van der Waals surface area (Å²) in [6.45, 7) is 0. The first-order chi connectivity index (χ1) is 16.0. The van der Waals surface area contributed by atoms with E-state index >= 15 is 0 Å². The number of hydrogen-bond acceptors (Lipinski definition) is 6. The van der Waals surface area contributed by atoms with E-state index in [9.17, 15) is 15.2 Å². The number of pyridine rings is 1. The molecule has 1 aliphatic heterocycles. The van der Waals surface area contributed by atoms with E-state index in [0.29, 0.717) is 22.2 Å². The predicted octanol–water partition coefficient (Wildman–Crippen LogP) is 5.13. The summed E-state index contributed by atoms with van der Waals surface area (Å²) >= 11 is 5.66. The lowest BCUT2D eigenvalue weighted by Crippen LogP contribution is -2.29. The highest BCUT2D eigenvalue weighted by molar-refractivity contribution is 7.80. The van der Waals surface area contributed by atoms with E-state index in [-0.39, 0.29) is 23.5 Å². The summed E-state index contributed by atoms with van der Waals surface area (Å²) in [5.74, 6) is 1.28. The van der Waals surface area contributed by atoms with Crippen molar-refractivity contribution < 1.29 is 14.4 Å². The molecule has 5 rings (SSSR count). The Balaban J connectivity index is 1.58. The summed E-state index contributed by atoms with van der Waals surface area (Å²) in [7, 11) is 0. The van der Waals surface area contributed by atoms with E-state index < -0.39 is 4.92 Å². The van der Waals surface area contributed by atoms with Crippen LogP contribution < -0.4 is 10.2 Å². The van der Waals surface area contributed by atoms with Gasteiger partial charge in [-0.3, -0.25) is 15.1 Å². The Labute approximate surface area is 194 Å². The quantitative estimate of drug-likeness (QED) is 0.241. The second kappa shape index (κ2) is 8.36. The highest BCUT2D eigenvalue weighted by Gasteiger charge is 2.42. The van der Waals surface area contributed by atoms with Gasteiger partial charge < -0.3 is 19.7 Å². The number of benzene rings is 2. The Hall–Kier alpha value is -4.24. The molecule has 0 saturated carbocycles. The number of nitro benzene ring substituents is 1. The molecule has 2 unspecified atom stereocenters. The molecular formula is C24H18N4O4S. The molecule has 1 aliphatic rings. The van der Waals surface area contributed by atoms with Gasteiger partial charge in [0, 0.05) is 29.6 Å². The van der Waals surface area contributed by atoms with E-state index in [1.54, 1.807) is 48.7 Å². The molecule has 33 heavy (non-hydrogen) atoms. The average Bonchev–Trinajstić information content (AvgIpc) is 3.45. The molecule has 9 heteroatoms. The molecule has 0 aliphatic carbocycles. The lowest BCUT2D eigenvalue weighted by Gasteiger charge is -2.26. The number of nitrogens with zero attached hydrogens (tertiary/aromatic N) is 3. The molecule has 3 heterocycles. The average molecular weight is 458 g/mol. The van der Waals surface area contributed by atoms with Gasteiger partial charge in [-0.15, -0.1) is 0 Å². The standard InChI is InChI=1S/C24H18N4O4S/c29-18-9-7-16(8-10-18)27-23(22(26-24(27)33)19-6-1-2-13-25-19)21-12-11-20(32-21)15-4-3-5-17(14-15)28(30)31/h1-14,22-23,29H,(H,26,33). The minimum Gasteiger partial charge on any atom is -0.508 e. The monoisotopic (exact) mass is 458 g/mol. The van der Waals surface area contributed by atoms with Crippen LogP contribution in [-0.2, 0) is 0 Å². The number of non-ortho nitro benzene ring substituents is 1. The number of furan rings is 1. The molecule has 0 bridgehead atoms. The number of phenols is 1. The molecule has 0 radical (unpaired) electrons. The van der Waals surface area contributed by atoms with Crippen LogP contribution in [0.1, 0.15) is 23.5 Å². The number of phenolic OH excluding ortho intramolecular Hbond substituents is 1. The minimum absolute atomic E-state index is 0.00811. The molecule has 164 valence electrons. The smallest absolute Gasteiger partial charge is 0.270 e. The van der Waals surface area contributed by atoms with E-state index in [1.807, 2.05) is 29.2 Å². The van der Waals surface area contributed by atoms with Crippen LogP contribution in [-0.4, -0.2) is 20.1 Å². The second-order valence-electron chi connectivity index (χ2n) is 7.52. The zero-order valence-electron chi connectivity index (χ0n) is 17.2. The van der Waals surface area contributed by atoms with Gasteiger partial charge >= 0.3 is 0 Å². The summed E-state index contributed by atoms with van der Waals surface area (Å²) in [4.78, 5) is 17.2. The number of nitro groups is 1. The number of thiocarbonyl (C=S) groups is 1. The molecule has 1 fully saturated rings. The Morgan fingerprint density at radius 1 is 1.06 bits per heavy atom. The summed E-state index contributed by atoms with van der Waals surface area (Å²) in [5, 5.41) is 24.7. The van der Waals surface area contributed by atoms with Crippen LogP contribution in [0.15, 0.2) is 89.5 Å². The molecule has 2 aromatic heterocycles. The van der Waals surface area contributed by atoms with Gasteiger partial charge in [-0.05, 0) is 60.7 Å². The Morgan fingerprint density at radius 3 is 2.61 bits per heavy atom. The van der Waals surface area contributed by atoms with Crippen LogP contribution >= 0.6 is 12.2 Å². The first kappa shape index (κ1) is 20.7. The van der Waals surface area contributed by atoms with Crippen molar-refractivity contribution in [3.63, 3.8) is 0 Å². The molecule has 8 nitrogen and oxygen atoms in total. The minimum atomic E-state index is -0.434. The van der Waals surface area contributed by atoms with Gasteiger partial charge in [0.25, 0.3) is 5.69 Å². The molecule has 2 aromatic carbocycles. The lowest BCUT2D eigenvalue weighted by molar-refractivity contribution is -0.384. The van der Waals surface area contributed by atoms with Crippen LogP contribution in [0.3, 0.4) is 0 Å². The van der Waals surface area contributed by atoms with Crippen LogP contribution in [0.25, 0.3) is 11.3 Å². The largest absolute Gasteiger partial charge is 0.508 e. The Bertz CT molecular complexity index is 1320. The third-order valence-electron chi connectivity index (χ3n) is 5.49. The van der Waals surface area contributed by atoms with E-state index in [2.05, 4.69) is 10.3 Å². The van der Waals surface area contributed by atoms with Crippen molar-refractivity contribution in [1.82, 2.24) is 10.3 Å². The highest BCUT2D eigenvalue weighted by Crippen LogP contribution is 2.43. The number of hydrogen-bond donors (Lipinski definition) is 2. The Morgan fingerprint density at radius 2 is 1.88 bits per heavy atom. The van der Waals surface area contributed by atoms with Crippen LogP contribution in [0.2, 0.25) is 0 Å². The molecule has 2 atom stereocenters. The van der Waals surface area contributed by atoms with E-state index in [1.165, 1.54) is 12.1 Å². The molecule has 2 N–H and O–H groups in total. The fraction of sp³-hybridized carbons (Fsp3) is 0.0833. The summed E-state index contributed by atoms with van der Waals surface area (Å²) in [5.41, 5.74) is 2.17. The fourth-order valence-corrected chi connectivity index (χ4v) is 4.32. The van der Waals surface area contributed by atoms with Crippen molar-refractivity contribution in [3.8, 4) is 17.1 Å². The molecule has 4 aromatic rings. The maximum atomic E-state index is 11.2. The number of anilines is 1. The maximum Gasteiger partial charge on any atom is 0.270 e. The van der Waals surface area contributed by atoms with Crippen molar-refractivity contribution in [3.05, 3.63) is 107 Å². The van der Waals surface area contributed by atoms with E-state index in [4.69, 9.17) is 16.6 Å². The van der Waals surface area contributed by atoms with Crippen LogP contribution in [0.4, 0.5) is 11.4 Å². The Kier molecular flexibility index (Phi) is 5.23. The molecular weight excluding hydrogens is 440 g/mol. The van der Waals surface area contributed by atoms with Gasteiger partial charge in [0.1, 0.15) is 23.3 Å². The number of nitrogens with one attached hydrogen (secondary N) is 1.